The lowest BCUT2D eigenvalue weighted by molar-refractivity contribution is -0.870. The molecular formula is C87H172NO8+. The van der Waals surface area contributed by atoms with Gasteiger partial charge in [0.1, 0.15) is 13.2 Å². The second kappa shape index (κ2) is 79.0. The van der Waals surface area contributed by atoms with Gasteiger partial charge in [-0.05, 0) is 12.8 Å². The second-order valence-electron chi connectivity index (χ2n) is 31.6. The Labute approximate surface area is 600 Å². The molecule has 2 unspecified atom stereocenters. The van der Waals surface area contributed by atoms with E-state index in [1.54, 1.807) is 0 Å². The molecule has 0 radical (unpaired) electrons. The minimum absolute atomic E-state index is 0.171. The lowest BCUT2D eigenvalue weighted by atomic mass is 10.0. The van der Waals surface area contributed by atoms with Crippen molar-refractivity contribution in [3.8, 4) is 0 Å². The van der Waals surface area contributed by atoms with Gasteiger partial charge in [-0.2, -0.15) is 0 Å². The van der Waals surface area contributed by atoms with Crippen molar-refractivity contribution in [3.05, 3.63) is 0 Å². The van der Waals surface area contributed by atoms with Gasteiger partial charge >= 0.3 is 17.9 Å². The molecule has 0 aliphatic heterocycles. The number of quaternary nitrogens is 1. The highest BCUT2D eigenvalue weighted by Crippen LogP contribution is 2.22. The van der Waals surface area contributed by atoms with E-state index in [0.717, 1.165) is 38.5 Å². The Morgan fingerprint density at radius 3 is 0.667 bits per heavy atom. The zero-order chi connectivity index (χ0) is 69.7. The van der Waals surface area contributed by atoms with Crippen LogP contribution in [0.4, 0.5) is 0 Å². The molecule has 0 spiro atoms. The highest BCUT2D eigenvalue weighted by molar-refractivity contribution is 5.71. The average molecular weight is 1360 g/mol. The highest BCUT2D eigenvalue weighted by atomic mass is 16.7. The maximum Gasteiger partial charge on any atom is 0.361 e. The van der Waals surface area contributed by atoms with Gasteiger partial charge < -0.3 is 28.5 Å². The summed E-state index contributed by atoms with van der Waals surface area (Å²) >= 11 is 0. The molecule has 0 aliphatic carbocycles. The van der Waals surface area contributed by atoms with Crippen LogP contribution in [-0.2, 0) is 33.3 Å². The smallest absolute Gasteiger partial charge is 0.361 e. The van der Waals surface area contributed by atoms with Crippen LogP contribution in [0.25, 0.3) is 0 Å². The minimum atomic E-state index is -1.51. The minimum Gasteiger partial charge on any atom is -0.477 e. The molecule has 0 amide bonds. The van der Waals surface area contributed by atoms with Crippen LogP contribution in [0.15, 0.2) is 0 Å². The zero-order valence-corrected chi connectivity index (χ0v) is 65.9. The third-order valence-electron chi connectivity index (χ3n) is 20.6. The number of carbonyl (C=O) groups excluding carboxylic acids is 2. The van der Waals surface area contributed by atoms with Crippen LogP contribution in [0.1, 0.15) is 483 Å². The summed E-state index contributed by atoms with van der Waals surface area (Å²) in [7, 11) is 6.01. The van der Waals surface area contributed by atoms with Gasteiger partial charge in [0, 0.05) is 12.8 Å². The number of likely N-dealkylation sites (N-methyl/N-ethyl adjacent to an activating group) is 1. The first-order valence-electron chi connectivity index (χ1n) is 43.7. The second-order valence-corrected chi connectivity index (χ2v) is 31.6. The maximum absolute atomic E-state index is 13.0. The summed E-state index contributed by atoms with van der Waals surface area (Å²) in [5.41, 5.74) is 0. The summed E-state index contributed by atoms with van der Waals surface area (Å²) in [6.45, 7) is 4.99. The molecule has 0 aromatic heterocycles. The number of carbonyl (C=O) groups is 3. The molecule has 96 heavy (non-hydrogen) atoms. The lowest BCUT2D eigenvalue weighted by Crippen LogP contribution is -2.40. The quantitative estimate of drug-likeness (QED) is 0.0278. The molecule has 0 bridgehead atoms. The van der Waals surface area contributed by atoms with Crippen molar-refractivity contribution in [1.29, 1.82) is 0 Å². The van der Waals surface area contributed by atoms with Gasteiger partial charge in [0.05, 0.1) is 34.4 Å². The lowest BCUT2D eigenvalue weighted by Gasteiger charge is -2.25. The number of hydrogen-bond acceptors (Lipinski definition) is 7. The number of aliphatic carboxylic acids is 1. The van der Waals surface area contributed by atoms with E-state index in [9.17, 15) is 19.5 Å². The highest BCUT2D eigenvalue weighted by Gasteiger charge is 2.25. The Balaban J connectivity index is 3.89. The van der Waals surface area contributed by atoms with Crippen LogP contribution in [0.2, 0.25) is 0 Å². The molecule has 0 heterocycles. The summed E-state index contributed by atoms with van der Waals surface area (Å²) in [5, 5.41) is 9.79. The molecule has 0 saturated carbocycles. The third-order valence-corrected chi connectivity index (χ3v) is 20.6. The first-order valence-corrected chi connectivity index (χ1v) is 43.7. The fourth-order valence-corrected chi connectivity index (χ4v) is 14.0. The molecule has 9 nitrogen and oxygen atoms in total. The van der Waals surface area contributed by atoms with E-state index in [4.69, 9.17) is 18.9 Å². The summed E-state index contributed by atoms with van der Waals surface area (Å²) in [5.74, 6) is -1.96. The molecule has 0 rings (SSSR count). The van der Waals surface area contributed by atoms with Gasteiger partial charge in [-0.3, -0.25) is 9.59 Å². The van der Waals surface area contributed by atoms with Crippen molar-refractivity contribution in [2.45, 2.75) is 495 Å². The summed E-state index contributed by atoms with van der Waals surface area (Å²) in [6, 6.07) is 0. The van der Waals surface area contributed by atoms with Crippen LogP contribution in [0.5, 0.6) is 0 Å². The predicted octanol–water partition coefficient (Wildman–Crippen LogP) is 28.1. The van der Waals surface area contributed by atoms with E-state index >= 15 is 0 Å². The number of ether oxygens (including phenoxy) is 4. The summed E-state index contributed by atoms with van der Waals surface area (Å²) in [4.78, 5) is 37.8. The molecule has 0 aromatic carbocycles. The van der Waals surface area contributed by atoms with Gasteiger partial charge in [0.15, 0.2) is 6.10 Å². The number of carboxylic acid groups (broad SMARTS) is 1. The molecule has 0 fully saturated rings. The maximum atomic E-state index is 13.0. The largest absolute Gasteiger partial charge is 0.477 e. The van der Waals surface area contributed by atoms with E-state index in [0.29, 0.717) is 17.4 Å². The van der Waals surface area contributed by atoms with Crippen molar-refractivity contribution < 1.29 is 42.9 Å². The predicted molar refractivity (Wildman–Crippen MR) is 415 cm³/mol. The zero-order valence-electron chi connectivity index (χ0n) is 65.9. The molecule has 572 valence electrons. The number of unbranched alkanes of at least 4 members (excludes halogenated alkanes) is 69. The van der Waals surface area contributed by atoms with Crippen molar-refractivity contribution >= 4 is 17.9 Å². The summed E-state index contributed by atoms with van der Waals surface area (Å²) in [6.07, 6.45) is 95.9. The Hall–Kier alpha value is -1.71. The average Bonchev–Trinajstić information content (AvgIpc) is 2.40. The van der Waals surface area contributed by atoms with Crippen LogP contribution in [-0.4, -0.2) is 87.4 Å². The van der Waals surface area contributed by atoms with Crippen molar-refractivity contribution in [1.82, 2.24) is 0 Å². The van der Waals surface area contributed by atoms with E-state index in [-0.39, 0.29) is 38.2 Å². The molecular weight excluding hydrogens is 1190 g/mol. The number of rotatable bonds is 84. The van der Waals surface area contributed by atoms with Crippen LogP contribution in [0, 0.1) is 0 Å². The van der Waals surface area contributed by atoms with Crippen molar-refractivity contribution in [2.75, 3.05) is 47.5 Å². The Kier molecular flexibility index (Phi) is 77.6. The van der Waals surface area contributed by atoms with E-state index in [2.05, 4.69) is 13.8 Å². The number of hydrogen-bond donors (Lipinski definition) is 1. The van der Waals surface area contributed by atoms with Crippen molar-refractivity contribution in [2.24, 2.45) is 0 Å². The number of esters is 2. The van der Waals surface area contributed by atoms with Gasteiger partial charge in [-0.25, -0.2) is 4.79 Å². The van der Waals surface area contributed by atoms with Crippen LogP contribution >= 0.6 is 0 Å². The van der Waals surface area contributed by atoms with Crippen molar-refractivity contribution in [3.63, 3.8) is 0 Å². The monoisotopic (exact) mass is 1360 g/mol. The van der Waals surface area contributed by atoms with Gasteiger partial charge in [0.2, 0.25) is 0 Å². The topological polar surface area (TPSA) is 108 Å². The number of nitrogens with zero attached hydrogens (tertiary/aromatic N) is 1. The molecule has 2 atom stereocenters. The third kappa shape index (κ3) is 79.6. The molecule has 9 heteroatoms. The van der Waals surface area contributed by atoms with Gasteiger partial charge in [-0.1, -0.05) is 457 Å². The Bertz CT molecular complexity index is 1530. The number of carboxylic acids is 1. The molecule has 1 N–H and O–H groups in total. The van der Waals surface area contributed by atoms with E-state index in [1.807, 2.05) is 21.1 Å². The Morgan fingerprint density at radius 1 is 0.271 bits per heavy atom. The molecule has 0 aromatic rings. The first-order chi connectivity index (χ1) is 47.1. The molecule has 0 aliphatic rings. The molecule has 0 saturated heterocycles. The normalized spacial score (nSPS) is 12.5. The Morgan fingerprint density at radius 2 is 0.469 bits per heavy atom. The van der Waals surface area contributed by atoms with Gasteiger partial charge in [-0.15, -0.1) is 0 Å². The SMILES string of the molecule is CCCCCCCCCCCCCCCCCCCCCCCCCCCCCCCCCCCCCCCCCC(=O)OC(COC(=O)CCCCCCCCCCCCCCCCCCCCCCCCCCCCCCCCCC)COC(OCC[N+](C)(C)C)C(=O)O. The first kappa shape index (κ1) is 94.3. The van der Waals surface area contributed by atoms with Crippen LogP contribution in [0.3, 0.4) is 0 Å². The van der Waals surface area contributed by atoms with E-state index in [1.165, 1.54) is 417 Å². The van der Waals surface area contributed by atoms with Crippen LogP contribution < -0.4 is 0 Å². The van der Waals surface area contributed by atoms with E-state index < -0.39 is 18.4 Å². The summed E-state index contributed by atoms with van der Waals surface area (Å²) < 4.78 is 23.1. The standard InChI is InChI=1S/C87H171NO8/c1-6-8-10-12-14-16-18-20-22-24-26-28-30-32-34-36-38-40-41-42-43-44-45-46-48-50-52-54-56-58-60-62-64-66-68-70-72-74-76-78-85(90)96-83(82-95-87(86(91)92)93-80-79-88(3,4)5)81-94-84(89)77-75-73-71-69-67-65-63-61-59-57-55-53-51-49-47-39-37-35-33-31-29-27-25-23-21-19-17-15-13-11-9-7-2/h83,87H,6-82H2,1-5H3/p+1. The fourth-order valence-electron chi connectivity index (χ4n) is 14.0. The fraction of sp³-hybridized carbons (Fsp3) is 0.966. The van der Waals surface area contributed by atoms with Gasteiger partial charge in [0.25, 0.3) is 6.29 Å².